The van der Waals surface area contributed by atoms with E-state index in [4.69, 9.17) is 9.72 Å². The fourth-order valence-corrected chi connectivity index (χ4v) is 7.98. The van der Waals surface area contributed by atoms with Crippen LogP contribution in [0.5, 0.6) is 0 Å². The first-order valence-corrected chi connectivity index (χ1v) is 18.9. The first kappa shape index (κ1) is 37.5. The number of fused-ring (bicyclic) bond motifs is 2. The lowest BCUT2D eigenvalue weighted by atomic mass is 9.96. The summed E-state index contributed by atoms with van der Waals surface area (Å²) in [5.74, 6) is -0.916. The molecule has 0 spiro atoms. The van der Waals surface area contributed by atoms with Crippen molar-refractivity contribution in [1.82, 2.24) is 24.3 Å². The van der Waals surface area contributed by atoms with Crippen LogP contribution in [0.15, 0.2) is 36.4 Å². The van der Waals surface area contributed by atoms with Gasteiger partial charge in [-0.1, -0.05) is 27.7 Å². The summed E-state index contributed by atoms with van der Waals surface area (Å²) >= 11 is 0. The molecule has 0 saturated carbocycles. The van der Waals surface area contributed by atoms with Gasteiger partial charge in [0.25, 0.3) is 0 Å². The highest BCUT2D eigenvalue weighted by Crippen LogP contribution is 2.37. The molecule has 52 heavy (non-hydrogen) atoms. The molecule has 0 radical (unpaired) electrons. The zero-order valence-electron chi connectivity index (χ0n) is 31.6. The SMILES string of the molecule is CC[C@H](CC(=O)OC(C)(C)C)C(=O)N1CCC[C@H]1Cc1c(-c2nc3cc(F)ccc3n2C[C@@H]2CCCN2C(=O)[C@@H](C)C(C)C)[nH]c2cc(F)ccc12. The number of ether oxygens (including phenoxy) is 1. The van der Waals surface area contributed by atoms with Crippen LogP contribution in [0.2, 0.25) is 0 Å². The number of nitrogens with zero attached hydrogens (tertiary/aromatic N) is 4. The largest absolute Gasteiger partial charge is 0.460 e. The van der Waals surface area contributed by atoms with Crippen LogP contribution < -0.4 is 0 Å². The molecule has 0 aliphatic carbocycles. The number of aromatic nitrogens is 3. The smallest absolute Gasteiger partial charge is 0.307 e. The molecule has 1 N–H and O–H groups in total. The van der Waals surface area contributed by atoms with Crippen molar-refractivity contribution in [3.8, 4) is 11.5 Å². The summed E-state index contributed by atoms with van der Waals surface area (Å²) in [7, 11) is 0. The average Bonchev–Trinajstić information content (AvgIpc) is 3.88. The summed E-state index contributed by atoms with van der Waals surface area (Å²) < 4.78 is 36.9. The molecule has 2 aliphatic rings. The molecule has 11 heteroatoms. The van der Waals surface area contributed by atoms with Crippen molar-refractivity contribution in [1.29, 1.82) is 0 Å². The third kappa shape index (κ3) is 7.74. The maximum Gasteiger partial charge on any atom is 0.307 e. The Morgan fingerprint density at radius 3 is 2.27 bits per heavy atom. The van der Waals surface area contributed by atoms with E-state index in [0.29, 0.717) is 55.0 Å². The van der Waals surface area contributed by atoms with E-state index in [9.17, 15) is 23.2 Å². The zero-order chi connectivity index (χ0) is 37.5. The molecule has 6 rings (SSSR count). The van der Waals surface area contributed by atoms with Gasteiger partial charge in [-0.2, -0.15) is 0 Å². The van der Waals surface area contributed by atoms with Gasteiger partial charge in [-0.25, -0.2) is 13.8 Å². The average molecular weight is 718 g/mol. The van der Waals surface area contributed by atoms with E-state index in [2.05, 4.69) is 23.4 Å². The fraction of sp³-hybridized carbons (Fsp3) is 0.561. The first-order chi connectivity index (χ1) is 24.6. The van der Waals surface area contributed by atoms with Gasteiger partial charge in [-0.15, -0.1) is 0 Å². The number of hydrogen-bond acceptors (Lipinski definition) is 5. The number of nitrogens with one attached hydrogen (secondary N) is 1. The predicted octanol–water partition coefficient (Wildman–Crippen LogP) is 8.04. The van der Waals surface area contributed by atoms with E-state index in [1.165, 1.54) is 24.3 Å². The Bertz CT molecular complexity index is 1960. The summed E-state index contributed by atoms with van der Waals surface area (Å²) in [6.45, 7) is 15.2. The summed E-state index contributed by atoms with van der Waals surface area (Å²) in [4.78, 5) is 52.7. The van der Waals surface area contributed by atoms with E-state index in [-0.39, 0.29) is 53.9 Å². The highest BCUT2D eigenvalue weighted by molar-refractivity contribution is 5.92. The van der Waals surface area contributed by atoms with Crippen LogP contribution in [0.1, 0.15) is 92.6 Å². The third-order valence-corrected chi connectivity index (χ3v) is 11.0. The van der Waals surface area contributed by atoms with Gasteiger partial charge in [0.05, 0.1) is 23.1 Å². The molecule has 2 amide bonds. The minimum absolute atomic E-state index is 0.0185. The molecule has 2 aliphatic heterocycles. The van der Waals surface area contributed by atoms with Gasteiger partial charge in [-0.3, -0.25) is 14.4 Å². The standard InChI is InChI=1S/C41H53F2N5O4/c1-8-26(19-36(49)52-41(5,6)7)40(51)46-17-9-11-29(46)22-32-31-15-13-27(42)20-33(31)44-37(32)38-45-34-21-28(43)14-16-35(34)48(38)23-30-12-10-18-47(30)39(50)25(4)24(2)3/h13-16,20-21,24-26,29-30,44H,8-12,17-19,22-23H2,1-7H3/t25-,26+,29-,30-/m0/s1. The minimum Gasteiger partial charge on any atom is -0.460 e. The summed E-state index contributed by atoms with van der Waals surface area (Å²) in [6.07, 6.45) is 4.34. The van der Waals surface area contributed by atoms with Gasteiger partial charge < -0.3 is 24.1 Å². The van der Waals surface area contributed by atoms with Crippen LogP contribution in [0.25, 0.3) is 33.5 Å². The van der Waals surface area contributed by atoms with Crippen molar-refractivity contribution in [3.63, 3.8) is 0 Å². The molecule has 9 nitrogen and oxygen atoms in total. The van der Waals surface area contributed by atoms with Crippen molar-refractivity contribution in [3.05, 3.63) is 53.6 Å². The van der Waals surface area contributed by atoms with Gasteiger partial charge in [-0.05, 0) is 101 Å². The van der Waals surface area contributed by atoms with Crippen molar-refractivity contribution < 1.29 is 27.9 Å². The van der Waals surface area contributed by atoms with Gasteiger partial charge in [0.1, 0.15) is 17.2 Å². The third-order valence-electron chi connectivity index (χ3n) is 11.0. The second-order valence-corrected chi connectivity index (χ2v) is 16.1. The number of hydrogen-bond donors (Lipinski definition) is 1. The molecule has 4 heterocycles. The number of likely N-dealkylation sites (tertiary alicyclic amines) is 2. The first-order valence-electron chi connectivity index (χ1n) is 18.9. The van der Waals surface area contributed by atoms with E-state index in [1.54, 1.807) is 12.1 Å². The van der Waals surface area contributed by atoms with Crippen molar-refractivity contribution >= 4 is 39.7 Å². The Morgan fingerprint density at radius 2 is 1.60 bits per heavy atom. The Labute approximate surface area is 305 Å². The normalized spacial score (nSPS) is 19.3. The van der Waals surface area contributed by atoms with Crippen molar-refractivity contribution in [2.24, 2.45) is 17.8 Å². The molecule has 4 atom stereocenters. The number of aromatic amines is 1. The Kier molecular flexibility index (Phi) is 10.8. The van der Waals surface area contributed by atoms with E-state index < -0.39 is 17.3 Å². The van der Waals surface area contributed by atoms with Crippen molar-refractivity contribution in [2.45, 2.75) is 118 Å². The lowest BCUT2D eigenvalue weighted by Crippen LogP contribution is -2.42. The van der Waals surface area contributed by atoms with E-state index in [1.807, 2.05) is 44.4 Å². The number of carbonyl (C=O) groups excluding carboxylic acids is 3. The molecular weight excluding hydrogens is 664 g/mol. The van der Waals surface area contributed by atoms with Gasteiger partial charge in [0.2, 0.25) is 11.8 Å². The number of imidazole rings is 1. The molecule has 280 valence electrons. The zero-order valence-corrected chi connectivity index (χ0v) is 31.6. The van der Waals surface area contributed by atoms with E-state index in [0.717, 1.165) is 42.1 Å². The maximum absolute atomic E-state index is 14.7. The Morgan fingerprint density at radius 1 is 0.942 bits per heavy atom. The number of rotatable bonds is 11. The number of benzene rings is 2. The number of carbonyl (C=O) groups is 3. The highest BCUT2D eigenvalue weighted by Gasteiger charge is 2.37. The molecule has 2 saturated heterocycles. The molecule has 4 aromatic rings. The Balaban J connectivity index is 1.38. The molecule has 2 aromatic carbocycles. The number of H-pyrrole nitrogens is 1. The van der Waals surface area contributed by atoms with Crippen LogP contribution >= 0.6 is 0 Å². The van der Waals surface area contributed by atoms with Crippen LogP contribution in [-0.2, 0) is 32.1 Å². The van der Waals surface area contributed by atoms with Crippen LogP contribution in [0.3, 0.4) is 0 Å². The number of amides is 2. The minimum atomic E-state index is -0.639. The second-order valence-electron chi connectivity index (χ2n) is 16.1. The van der Waals surface area contributed by atoms with E-state index >= 15 is 0 Å². The molecule has 0 bridgehead atoms. The van der Waals surface area contributed by atoms with Crippen LogP contribution in [-0.4, -0.2) is 72.9 Å². The molecular formula is C41H53F2N5O4. The quantitative estimate of drug-likeness (QED) is 0.158. The van der Waals surface area contributed by atoms with Crippen LogP contribution in [0, 0.1) is 29.4 Å². The topological polar surface area (TPSA) is 101 Å². The highest BCUT2D eigenvalue weighted by atomic mass is 19.1. The van der Waals surface area contributed by atoms with Crippen LogP contribution in [0.4, 0.5) is 8.78 Å². The lowest BCUT2D eigenvalue weighted by molar-refractivity contribution is -0.158. The maximum atomic E-state index is 14.7. The summed E-state index contributed by atoms with van der Waals surface area (Å²) in [6, 6.07) is 9.01. The summed E-state index contributed by atoms with van der Waals surface area (Å²) in [5.41, 5.74) is 2.77. The molecule has 2 fully saturated rings. The summed E-state index contributed by atoms with van der Waals surface area (Å²) in [5, 5.41) is 0.824. The monoisotopic (exact) mass is 717 g/mol. The van der Waals surface area contributed by atoms with Crippen molar-refractivity contribution in [2.75, 3.05) is 13.1 Å². The van der Waals surface area contributed by atoms with Gasteiger partial charge in [0, 0.05) is 60.5 Å². The molecule has 2 aromatic heterocycles. The Hall–Kier alpha value is -4.28. The predicted molar refractivity (Wildman–Crippen MR) is 198 cm³/mol. The fourth-order valence-electron chi connectivity index (χ4n) is 7.98. The lowest BCUT2D eigenvalue weighted by Gasteiger charge is -2.30. The molecule has 0 unspecified atom stereocenters. The van der Waals surface area contributed by atoms with Gasteiger partial charge >= 0.3 is 5.97 Å². The number of halogens is 2. The van der Waals surface area contributed by atoms with Gasteiger partial charge in [0.15, 0.2) is 5.82 Å². The second kappa shape index (κ2) is 15.0. The number of esters is 1.